The number of hydrogen-bond acceptors (Lipinski definition) is 6. The first-order chi connectivity index (χ1) is 16.5. The first kappa shape index (κ1) is 23.2. The molecule has 9 heteroatoms. The van der Waals surface area contributed by atoms with Crippen molar-refractivity contribution < 1.29 is 18.7 Å². The van der Waals surface area contributed by atoms with Crippen molar-refractivity contribution >= 4 is 40.1 Å². The fourth-order valence-electron chi connectivity index (χ4n) is 4.59. The zero-order valence-corrected chi connectivity index (χ0v) is 20.2. The summed E-state index contributed by atoms with van der Waals surface area (Å²) in [5.74, 6) is 0.318. The summed E-state index contributed by atoms with van der Waals surface area (Å²) in [5.41, 5.74) is 1.12. The number of halogens is 2. The quantitative estimate of drug-likeness (QED) is 0.498. The highest BCUT2D eigenvalue weighted by Gasteiger charge is 2.42. The Morgan fingerprint density at radius 3 is 2.56 bits per heavy atom. The molecule has 34 heavy (non-hydrogen) atoms. The third kappa shape index (κ3) is 4.18. The van der Waals surface area contributed by atoms with Crippen molar-refractivity contribution in [1.29, 1.82) is 0 Å². The summed E-state index contributed by atoms with van der Waals surface area (Å²) < 4.78 is 17.0. The molecule has 0 aliphatic carbocycles. The van der Waals surface area contributed by atoms with Crippen molar-refractivity contribution in [2.75, 3.05) is 46.0 Å². The molecule has 1 saturated heterocycles. The van der Waals surface area contributed by atoms with Crippen LogP contribution in [0.2, 0.25) is 10.0 Å². The Hall–Kier alpha value is -2.58. The van der Waals surface area contributed by atoms with Gasteiger partial charge in [-0.05, 0) is 36.8 Å². The minimum atomic E-state index is -0.620. The van der Waals surface area contributed by atoms with Crippen LogP contribution in [0.15, 0.2) is 45.6 Å². The molecule has 0 bridgehead atoms. The van der Waals surface area contributed by atoms with Gasteiger partial charge < -0.3 is 18.8 Å². The maximum Gasteiger partial charge on any atom is 0.290 e. The molecule has 0 saturated carbocycles. The molecule has 1 unspecified atom stereocenters. The second kappa shape index (κ2) is 9.58. The molecule has 3 aromatic rings. The summed E-state index contributed by atoms with van der Waals surface area (Å²) in [6, 6.07) is 9.63. The molecule has 2 aromatic carbocycles. The van der Waals surface area contributed by atoms with Crippen molar-refractivity contribution in [3.8, 4) is 5.75 Å². The maximum atomic E-state index is 13.7. The van der Waals surface area contributed by atoms with Gasteiger partial charge in [0.1, 0.15) is 11.3 Å². The first-order valence-corrected chi connectivity index (χ1v) is 12.0. The summed E-state index contributed by atoms with van der Waals surface area (Å²) in [4.78, 5) is 31.2. The molecule has 0 radical (unpaired) electrons. The molecule has 1 aromatic heterocycles. The molecule has 1 atom stereocenters. The van der Waals surface area contributed by atoms with Crippen molar-refractivity contribution in [2.45, 2.75) is 13.0 Å². The Balaban J connectivity index is 1.60. The van der Waals surface area contributed by atoms with Crippen LogP contribution in [0.5, 0.6) is 5.75 Å². The zero-order chi connectivity index (χ0) is 23.8. The molecular weight excluding hydrogens is 479 g/mol. The van der Waals surface area contributed by atoms with Gasteiger partial charge in [-0.15, -0.1) is 0 Å². The van der Waals surface area contributed by atoms with E-state index in [4.69, 9.17) is 37.1 Å². The number of rotatable bonds is 6. The van der Waals surface area contributed by atoms with Crippen molar-refractivity contribution in [3.05, 3.63) is 73.6 Å². The normalized spacial score (nSPS) is 18.5. The fraction of sp³-hybridized carbons (Fsp3) is 0.360. The van der Waals surface area contributed by atoms with Gasteiger partial charge in [-0.25, -0.2) is 0 Å². The van der Waals surface area contributed by atoms with Crippen LogP contribution in [-0.2, 0) is 4.74 Å². The Kier molecular flexibility index (Phi) is 6.53. The monoisotopic (exact) mass is 502 g/mol. The predicted octanol–water partition coefficient (Wildman–Crippen LogP) is 4.38. The molecule has 5 rings (SSSR count). The number of fused-ring (bicyclic) bond motifs is 2. The molecule has 0 spiro atoms. The van der Waals surface area contributed by atoms with Crippen LogP contribution in [-0.4, -0.2) is 61.7 Å². The highest BCUT2D eigenvalue weighted by atomic mass is 35.5. The van der Waals surface area contributed by atoms with Crippen LogP contribution in [0.25, 0.3) is 11.0 Å². The molecule has 2 aliphatic rings. The number of ether oxygens (including phenoxy) is 2. The SMILES string of the molecule is CCOc1ccc2c(=O)c3c(oc2c1)C(=O)N(CCN1CCOCC1)C3c1ccc(Cl)c(Cl)c1. The number of carbonyl (C=O) groups is 1. The van der Waals surface area contributed by atoms with Crippen molar-refractivity contribution in [2.24, 2.45) is 0 Å². The number of carbonyl (C=O) groups excluding carboxylic acids is 1. The Morgan fingerprint density at radius 2 is 1.82 bits per heavy atom. The van der Waals surface area contributed by atoms with Gasteiger partial charge in [-0.1, -0.05) is 29.3 Å². The topological polar surface area (TPSA) is 72.2 Å². The average molecular weight is 503 g/mol. The smallest absolute Gasteiger partial charge is 0.290 e. The van der Waals surface area contributed by atoms with E-state index in [2.05, 4.69) is 4.90 Å². The van der Waals surface area contributed by atoms with Crippen LogP contribution >= 0.6 is 23.2 Å². The number of benzene rings is 2. The summed E-state index contributed by atoms with van der Waals surface area (Å²) in [7, 11) is 0. The van der Waals surface area contributed by atoms with Crippen molar-refractivity contribution in [3.63, 3.8) is 0 Å². The number of hydrogen-bond donors (Lipinski definition) is 0. The Bertz CT molecular complexity index is 1300. The van der Waals surface area contributed by atoms with E-state index in [9.17, 15) is 9.59 Å². The van der Waals surface area contributed by atoms with E-state index in [1.54, 1.807) is 41.3 Å². The van der Waals surface area contributed by atoms with Crippen LogP contribution in [0.3, 0.4) is 0 Å². The number of amides is 1. The van der Waals surface area contributed by atoms with Gasteiger partial charge in [0.2, 0.25) is 5.76 Å². The highest BCUT2D eigenvalue weighted by molar-refractivity contribution is 6.42. The lowest BCUT2D eigenvalue weighted by Gasteiger charge is -2.31. The first-order valence-electron chi connectivity index (χ1n) is 11.3. The lowest BCUT2D eigenvalue weighted by molar-refractivity contribution is 0.0314. The summed E-state index contributed by atoms with van der Waals surface area (Å²) in [5, 5.41) is 1.17. The van der Waals surface area contributed by atoms with Crippen LogP contribution in [0.4, 0.5) is 0 Å². The number of morpholine rings is 1. The van der Waals surface area contributed by atoms with E-state index in [0.29, 0.717) is 70.8 Å². The number of nitrogens with zero attached hydrogens (tertiary/aromatic N) is 2. The van der Waals surface area contributed by atoms with Gasteiger partial charge in [0.15, 0.2) is 5.43 Å². The largest absolute Gasteiger partial charge is 0.494 e. The van der Waals surface area contributed by atoms with E-state index in [1.165, 1.54) is 0 Å². The third-order valence-corrected chi connectivity index (χ3v) is 7.01. The van der Waals surface area contributed by atoms with E-state index >= 15 is 0 Å². The van der Waals surface area contributed by atoms with Crippen LogP contribution < -0.4 is 10.2 Å². The maximum absolute atomic E-state index is 13.7. The van der Waals surface area contributed by atoms with E-state index in [-0.39, 0.29) is 17.1 Å². The Morgan fingerprint density at radius 1 is 1.03 bits per heavy atom. The van der Waals surface area contributed by atoms with Crippen molar-refractivity contribution in [1.82, 2.24) is 9.80 Å². The summed E-state index contributed by atoms with van der Waals surface area (Å²) in [6.45, 7) is 6.36. The molecule has 1 fully saturated rings. The predicted molar refractivity (Wildman–Crippen MR) is 130 cm³/mol. The highest BCUT2D eigenvalue weighted by Crippen LogP contribution is 2.40. The zero-order valence-electron chi connectivity index (χ0n) is 18.7. The summed E-state index contributed by atoms with van der Waals surface area (Å²) >= 11 is 12.5. The standard InChI is InChI=1S/C25H24Cl2N2O5/c1-2-33-16-4-5-17-20(14-16)34-24-21(23(17)30)22(15-3-6-18(26)19(27)13-15)29(25(24)31)8-7-28-9-11-32-12-10-28/h3-6,13-14,22H,2,7-12H2,1H3. The van der Waals surface area contributed by atoms with Gasteiger partial charge >= 0.3 is 0 Å². The minimum Gasteiger partial charge on any atom is -0.494 e. The lowest BCUT2D eigenvalue weighted by Crippen LogP contribution is -2.42. The molecule has 7 nitrogen and oxygen atoms in total. The fourth-order valence-corrected chi connectivity index (χ4v) is 4.90. The lowest BCUT2D eigenvalue weighted by atomic mass is 9.98. The molecule has 2 aliphatic heterocycles. The second-order valence-corrected chi connectivity index (χ2v) is 9.11. The molecular formula is C25H24Cl2N2O5. The third-order valence-electron chi connectivity index (χ3n) is 6.27. The van der Waals surface area contributed by atoms with Crippen LogP contribution in [0, 0.1) is 0 Å². The molecule has 3 heterocycles. The van der Waals surface area contributed by atoms with E-state index in [0.717, 1.165) is 13.1 Å². The van der Waals surface area contributed by atoms with Crippen LogP contribution in [0.1, 0.15) is 34.6 Å². The van der Waals surface area contributed by atoms with Gasteiger partial charge in [0.05, 0.1) is 46.9 Å². The Labute approximate surface area is 206 Å². The summed E-state index contributed by atoms with van der Waals surface area (Å²) in [6.07, 6.45) is 0. The van der Waals surface area contributed by atoms with E-state index < -0.39 is 6.04 Å². The second-order valence-electron chi connectivity index (χ2n) is 8.29. The van der Waals surface area contributed by atoms with Gasteiger partial charge in [-0.2, -0.15) is 0 Å². The molecule has 178 valence electrons. The van der Waals surface area contributed by atoms with Gasteiger partial charge in [-0.3, -0.25) is 14.5 Å². The van der Waals surface area contributed by atoms with E-state index in [1.807, 2.05) is 6.92 Å². The van der Waals surface area contributed by atoms with Gasteiger partial charge in [0.25, 0.3) is 5.91 Å². The molecule has 1 amide bonds. The molecule has 0 N–H and O–H groups in total. The average Bonchev–Trinajstić information content (AvgIpc) is 3.12. The van der Waals surface area contributed by atoms with Gasteiger partial charge in [0, 0.05) is 32.2 Å². The minimum absolute atomic E-state index is 0.0594.